The highest BCUT2D eigenvalue weighted by atomic mass is 35.5. The Morgan fingerprint density at radius 1 is 1.22 bits per heavy atom. The summed E-state index contributed by atoms with van der Waals surface area (Å²) in [6.07, 6.45) is 5.80. The van der Waals surface area contributed by atoms with Gasteiger partial charge in [0.05, 0.1) is 0 Å². The number of halogens is 1. The van der Waals surface area contributed by atoms with Crippen LogP contribution in [-0.4, -0.2) is 18.1 Å². The van der Waals surface area contributed by atoms with Crippen molar-refractivity contribution in [2.45, 2.75) is 57.2 Å². The molecule has 2 rings (SSSR count). The van der Waals surface area contributed by atoms with Crippen LogP contribution in [0.25, 0.3) is 0 Å². The maximum atomic E-state index is 5.93. The molecule has 0 radical (unpaired) electrons. The van der Waals surface area contributed by atoms with Gasteiger partial charge in [0.25, 0.3) is 0 Å². The lowest BCUT2D eigenvalue weighted by atomic mass is 9.91. The quantitative estimate of drug-likeness (QED) is 0.879. The van der Waals surface area contributed by atoms with Gasteiger partial charge in [0, 0.05) is 23.1 Å². The minimum absolute atomic E-state index is 0.426. The highest BCUT2D eigenvalue weighted by Gasteiger charge is 2.19. The van der Waals surface area contributed by atoms with Gasteiger partial charge >= 0.3 is 0 Å². The van der Waals surface area contributed by atoms with E-state index in [1.54, 1.807) is 0 Å². The zero-order chi connectivity index (χ0) is 13.0. The van der Waals surface area contributed by atoms with Crippen LogP contribution in [0.4, 0.5) is 0 Å². The molecule has 1 aliphatic carbocycles. The Bertz CT molecular complexity index is 355. The molecule has 0 amide bonds. The van der Waals surface area contributed by atoms with Gasteiger partial charge in [-0.1, -0.05) is 23.7 Å². The zero-order valence-corrected chi connectivity index (χ0v) is 11.8. The molecule has 3 N–H and O–H groups in total. The average molecular weight is 267 g/mol. The second kappa shape index (κ2) is 6.55. The number of nitrogens with one attached hydrogen (secondary N) is 1. The van der Waals surface area contributed by atoms with E-state index in [0.29, 0.717) is 18.1 Å². The first kappa shape index (κ1) is 13.9. The number of rotatable bonds is 4. The minimum Gasteiger partial charge on any atom is -0.328 e. The third-order valence-electron chi connectivity index (χ3n) is 3.75. The van der Waals surface area contributed by atoms with Crippen molar-refractivity contribution < 1.29 is 0 Å². The lowest BCUT2D eigenvalue weighted by Gasteiger charge is -2.29. The van der Waals surface area contributed by atoms with E-state index < -0.39 is 0 Å². The van der Waals surface area contributed by atoms with Crippen molar-refractivity contribution in [3.05, 3.63) is 34.9 Å². The molecule has 1 unspecified atom stereocenters. The number of hydrogen-bond acceptors (Lipinski definition) is 2. The fourth-order valence-corrected chi connectivity index (χ4v) is 2.85. The zero-order valence-electron chi connectivity index (χ0n) is 11.0. The van der Waals surface area contributed by atoms with Crippen molar-refractivity contribution in [3.63, 3.8) is 0 Å². The minimum atomic E-state index is 0.426. The lowest BCUT2D eigenvalue weighted by Crippen LogP contribution is -2.42. The highest BCUT2D eigenvalue weighted by molar-refractivity contribution is 6.30. The smallest absolute Gasteiger partial charge is 0.0406 e. The van der Waals surface area contributed by atoms with Crippen LogP contribution in [0.3, 0.4) is 0 Å². The van der Waals surface area contributed by atoms with Crippen LogP contribution >= 0.6 is 11.6 Å². The summed E-state index contributed by atoms with van der Waals surface area (Å²) < 4.78 is 0. The topological polar surface area (TPSA) is 38.0 Å². The Kier molecular flexibility index (Phi) is 5.04. The third kappa shape index (κ3) is 4.27. The van der Waals surface area contributed by atoms with Crippen LogP contribution < -0.4 is 11.1 Å². The van der Waals surface area contributed by atoms with Crippen molar-refractivity contribution in [1.82, 2.24) is 5.32 Å². The molecule has 1 saturated carbocycles. The van der Waals surface area contributed by atoms with Crippen LogP contribution in [0.1, 0.15) is 38.2 Å². The molecular formula is C15H23ClN2. The van der Waals surface area contributed by atoms with Gasteiger partial charge in [-0.3, -0.25) is 0 Å². The summed E-state index contributed by atoms with van der Waals surface area (Å²) in [6.45, 7) is 2.25. The van der Waals surface area contributed by atoms with E-state index in [1.807, 2.05) is 12.1 Å². The molecule has 0 aliphatic heterocycles. The fourth-order valence-electron chi connectivity index (χ4n) is 2.72. The van der Waals surface area contributed by atoms with Gasteiger partial charge < -0.3 is 11.1 Å². The van der Waals surface area contributed by atoms with E-state index in [1.165, 1.54) is 18.4 Å². The van der Waals surface area contributed by atoms with Crippen molar-refractivity contribution in [2.24, 2.45) is 5.73 Å². The Balaban J connectivity index is 1.78. The predicted octanol–water partition coefficient (Wildman–Crippen LogP) is 3.13. The molecule has 0 aromatic heterocycles. The molecule has 1 aromatic rings. The molecule has 3 heteroatoms. The molecule has 1 aromatic carbocycles. The second-order valence-corrected chi connectivity index (χ2v) is 5.95. The first-order valence-electron chi connectivity index (χ1n) is 6.89. The summed E-state index contributed by atoms with van der Waals surface area (Å²) in [7, 11) is 0. The van der Waals surface area contributed by atoms with Gasteiger partial charge in [0.2, 0.25) is 0 Å². The van der Waals surface area contributed by atoms with Gasteiger partial charge in [0.1, 0.15) is 0 Å². The maximum absolute atomic E-state index is 5.93. The van der Waals surface area contributed by atoms with E-state index >= 15 is 0 Å². The lowest BCUT2D eigenvalue weighted by molar-refractivity contribution is 0.319. The largest absolute Gasteiger partial charge is 0.328 e. The van der Waals surface area contributed by atoms with Gasteiger partial charge in [-0.05, 0) is 56.7 Å². The van der Waals surface area contributed by atoms with Crippen LogP contribution in [0, 0.1) is 0 Å². The summed E-state index contributed by atoms with van der Waals surface area (Å²) in [5, 5.41) is 4.52. The Morgan fingerprint density at radius 2 is 1.83 bits per heavy atom. The van der Waals surface area contributed by atoms with E-state index in [-0.39, 0.29) is 0 Å². The second-order valence-electron chi connectivity index (χ2n) is 5.51. The molecule has 100 valence electrons. The molecule has 0 heterocycles. The summed E-state index contributed by atoms with van der Waals surface area (Å²) in [5.41, 5.74) is 7.26. The van der Waals surface area contributed by atoms with Crippen molar-refractivity contribution in [1.29, 1.82) is 0 Å². The normalized spacial score (nSPS) is 25.9. The van der Waals surface area contributed by atoms with Gasteiger partial charge in [-0.2, -0.15) is 0 Å². The summed E-state index contributed by atoms with van der Waals surface area (Å²) in [4.78, 5) is 0. The standard InChI is InChI=1S/C15H23ClN2/c1-11(10-12-2-4-13(16)5-3-12)18-15-8-6-14(17)7-9-15/h2-5,11,14-15,18H,6-10,17H2,1H3. The molecule has 1 aliphatic rings. The van der Waals surface area contributed by atoms with Crippen LogP contribution in [0.5, 0.6) is 0 Å². The van der Waals surface area contributed by atoms with E-state index in [4.69, 9.17) is 17.3 Å². The molecule has 0 bridgehead atoms. The summed E-state index contributed by atoms with van der Waals surface area (Å²) >= 11 is 5.89. The number of nitrogens with two attached hydrogens (primary N) is 1. The van der Waals surface area contributed by atoms with Crippen LogP contribution in [0.2, 0.25) is 5.02 Å². The monoisotopic (exact) mass is 266 g/mol. The van der Waals surface area contributed by atoms with Gasteiger partial charge in [0.15, 0.2) is 0 Å². The van der Waals surface area contributed by atoms with E-state index in [9.17, 15) is 0 Å². The summed E-state index contributed by atoms with van der Waals surface area (Å²) in [6, 6.07) is 9.72. The Morgan fingerprint density at radius 3 is 2.44 bits per heavy atom. The molecule has 0 spiro atoms. The Labute approximate surface area is 115 Å². The molecule has 0 saturated heterocycles. The van der Waals surface area contributed by atoms with Gasteiger partial charge in [-0.25, -0.2) is 0 Å². The fraction of sp³-hybridized carbons (Fsp3) is 0.600. The predicted molar refractivity (Wildman–Crippen MR) is 78.0 cm³/mol. The van der Waals surface area contributed by atoms with Crippen molar-refractivity contribution in [3.8, 4) is 0 Å². The molecule has 18 heavy (non-hydrogen) atoms. The summed E-state index contributed by atoms with van der Waals surface area (Å²) in [5.74, 6) is 0. The molecule has 1 fully saturated rings. The van der Waals surface area contributed by atoms with Crippen molar-refractivity contribution in [2.75, 3.05) is 0 Å². The highest BCUT2D eigenvalue weighted by Crippen LogP contribution is 2.18. The molecular weight excluding hydrogens is 244 g/mol. The van der Waals surface area contributed by atoms with Gasteiger partial charge in [-0.15, -0.1) is 0 Å². The van der Waals surface area contributed by atoms with Crippen LogP contribution in [-0.2, 0) is 6.42 Å². The Hall–Kier alpha value is -0.570. The van der Waals surface area contributed by atoms with E-state index in [0.717, 1.165) is 24.3 Å². The van der Waals surface area contributed by atoms with E-state index in [2.05, 4.69) is 24.4 Å². The van der Waals surface area contributed by atoms with Crippen molar-refractivity contribution >= 4 is 11.6 Å². The molecule has 1 atom stereocenters. The maximum Gasteiger partial charge on any atom is 0.0406 e. The first-order chi connectivity index (χ1) is 8.63. The number of hydrogen-bond donors (Lipinski definition) is 2. The van der Waals surface area contributed by atoms with Crippen LogP contribution in [0.15, 0.2) is 24.3 Å². The molecule has 2 nitrogen and oxygen atoms in total. The average Bonchev–Trinajstić information content (AvgIpc) is 2.35. The SMILES string of the molecule is CC(Cc1ccc(Cl)cc1)NC1CCC(N)CC1. The first-order valence-corrected chi connectivity index (χ1v) is 7.27. The number of benzene rings is 1. The third-order valence-corrected chi connectivity index (χ3v) is 4.00.